The second-order valence-electron chi connectivity index (χ2n) is 3.85. The van der Waals surface area contributed by atoms with Gasteiger partial charge in [-0.25, -0.2) is 15.0 Å². The molecule has 2 rings (SSSR count). The Morgan fingerprint density at radius 2 is 2.29 bits per heavy atom. The van der Waals surface area contributed by atoms with Gasteiger partial charge < -0.3 is 15.6 Å². The predicted molar refractivity (Wildman–Crippen MR) is 70.8 cm³/mol. The van der Waals surface area contributed by atoms with E-state index in [-0.39, 0.29) is 5.37 Å². The van der Waals surface area contributed by atoms with Crippen LogP contribution in [-0.2, 0) is 6.54 Å². The zero-order valence-corrected chi connectivity index (χ0v) is 10.6. The van der Waals surface area contributed by atoms with Gasteiger partial charge in [-0.3, -0.25) is 0 Å². The molecule has 3 N–H and O–H groups in total. The highest BCUT2D eigenvalue weighted by atomic mass is 32.1. The number of hydrogen-bond acceptors (Lipinski definition) is 6. The molecule has 6 nitrogen and oxygen atoms in total. The fourth-order valence-corrected chi connectivity index (χ4v) is 1.75. The molecule has 0 saturated carbocycles. The van der Waals surface area contributed by atoms with Gasteiger partial charge in [-0.2, -0.15) is 12.6 Å². The van der Waals surface area contributed by atoms with Crippen molar-refractivity contribution < 1.29 is 0 Å². The molecule has 17 heavy (non-hydrogen) atoms. The summed E-state index contributed by atoms with van der Waals surface area (Å²) < 4.78 is 1.98. The number of nitrogen functional groups attached to an aromatic ring is 1. The van der Waals surface area contributed by atoms with Gasteiger partial charge >= 0.3 is 0 Å². The number of fused-ring (bicyclic) bond motifs is 1. The van der Waals surface area contributed by atoms with E-state index < -0.39 is 0 Å². The SMILES string of the molecule is CC(S)NCCCn1cnc2c(N)ncnc21. The quantitative estimate of drug-likeness (QED) is 0.414. The van der Waals surface area contributed by atoms with Crippen molar-refractivity contribution in [2.24, 2.45) is 0 Å². The maximum Gasteiger partial charge on any atom is 0.165 e. The molecule has 2 aromatic rings. The first kappa shape index (κ1) is 12.1. The Labute approximate surface area is 105 Å². The van der Waals surface area contributed by atoms with Crippen molar-refractivity contribution >= 4 is 29.6 Å². The van der Waals surface area contributed by atoms with Crippen LogP contribution < -0.4 is 11.1 Å². The van der Waals surface area contributed by atoms with E-state index >= 15 is 0 Å². The molecule has 0 saturated heterocycles. The van der Waals surface area contributed by atoms with Crippen LogP contribution in [0, 0.1) is 0 Å². The van der Waals surface area contributed by atoms with Gasteiger partial charge in [-0.15, -0.1) is 0 Å². The van der Waals surface area contributed by atoms with Gasteiger partial charge in [0.1, 0.15) is 11.8 Å². The summed E-state index contributed by atoms with van der Waals surface area (Å²) in [5.74, 6) is 0.427. The molecule has 0 aliphatic carbocycles. The van der Waals surface area contributed by atoms with E-state index in [0.717, 1.165) is 25.2 Å². The standard InChI is InChI=1S/C10H16N6S/c1-7(17)12-3-2-4-16-6-15-8-9(11)13-5-14-10(8)16/h5-7,12,17H,2-4H2,1H3,(H2,11,13,14). The molecule has 0 radical (unpaired) electrons. The Bertz CT molecular complexity index is 495. The Morgan fingerprint density at radius 3 is 3.06 bits per heavy atom. The van der Waals surface area contributed by atoms with Gasteiger partial charge in [0.2, 0.25) is 0 Å². The fourth-order valence-electron chi connectivity index (χ4n) is 1.62. The molecular weight excluding hydrogens is 236 g/mol. The summed E-state index contributed by atoms with van der Waals surface area (Å²) in [6.07, 6.45) is 4.20. The lowest BCUT2D eigenvalue weighted by Crippen LogP contribution is -2.22. The molecule has 0 amide bonds. The molecule has 1 atom stereocenters. The number of aromatic nitrogens is 4. The van der Waals surface area contributed by atoms with Crippen LogP contribution >= 0.6 is 12.6 Å². The van der Waals surface area contributed by atoms with E-state index in [1.807, 2.05) is 11.5 Å². The van der Waals surface area contributed by atoms with Gasteiger partial charge in [0.15, 0.2) is 11.5 Å². The van der Waals surface area contributed by atoms with E-state index in [1.54, 1.807) is 6.33 Å². The van der Waals surface area contributed by atoms with Crippen LogP contribution in [0.3, 0.4) is 0 Å². The van der Waals surface area contributed by atoms with E-state index in [4.69, 9.17) is 5.73 Å². The van der Waals surface area contributed by atoms with Crippen molar-refractivity contribution in [3.05, 3.63) is 12.7 Å². The van der Waals surface area contributed by atoms with Gasteiger partial charge in [-0.1, -0.05) is 0 Å². The van der Waals surface area contributed by atoms with Crippen LogP contribution in [0.25, 0.3) is 11.2 Å². The van der Waals surface area contributed by atoms with E-state index in [9.17, 15) is 0 Å². The average molecular weight is 252 g/mol. The maximum atomic E-state index is 5.71. The molecule has 0 aliphatic heterocycles. The van der Waals surface area contributed by atoms with Crippen LogP contribution in [-0.4, -0.2) is 31.4 Å². The van der Waals surface area contributed by atoms with Gasteiger partial charge in [0.25, 0.3) is 0 Å². The zero-order valence-electron chi connectivity index (χ0n) is 9.67. The molecule has 0 bridgehead atoms. The topological polar surface area (TPSA) is 81.7 Å². The third-order valence-electron chi connectivity index (χ3n) is 2.45. The predicted octanol–water partition coefficient (Wildman–Crippen LogP) is 0.664. The largest absolute Gasteiger partial charge is 0.382 e. The number of rotatable bonds is 5. The second-order valence-corrected chi connectivity index (χ2v) is 4.63. The van der Waals surface area contributed by atoms with Crippen LogP contribution in [0.1, 0.15) is 13.3 Å². The van der Waals surface area contributed by atoms with Crippen molar-refractivity contribution in [3.63, 3.8) is 0 Å². The van der Waals surface area contributed by atoms with Crippen LogP contribution in [0.15, 0.2) is 12.7 Å². The molecular formula is C10H16N6S. The second kappa shape index (κ2) is 5.33. The summed E-state index contributed by atoms with van der Waals surface area (Å²) in [6.45, 7) is 3.76. The lowest BCUT2D eigenvalue weighted by Gasteiger charge is -2.07. The first-order valence-corrected chi connectivity index (χ1v) is 6.03. The molecule has 0 spiro atoms. The molecule has 1 unspecified atom stereocenters. The van der Waals surface area contributed by atoms with E-state index in [0.29, 0.717) is 11.3 Å². The number of anilines is 1. The van der Waals surface area contributed by atoms with E-state index in [2.05, 4.69) is 32.9 Å². The highest BCUT2D eigenvalue weighted by molar-refractivity contribution is 7.80. The maximum absolute atomic E-state index is 5.71. The average Bonchev–Trinajstić information content (AvgIpc) is 2.69. The highest BCUT2D eigenvalue weighted by Crippen LogP contribution is 2.14. The minimum absolute atomic E-state index is 0.215. The normalized spacial score (nSPS) is 13.1. The number of hydrogen-bond donors (Lipinski definition) is 3. The van der Waals surface area contributed by atoms with E-state index in [1.165, 1.54) is 6.33 Å². The summed E-state index contributed by atoms with van der Waals surface area (Å²) in [6, 6.07) is 0. The third kappa shape index (κ3) is 2.86. The van der Waals surface area contributed by atoms with Crippen LogP contribution in [0.4, 0.5) is 5.82 Å². The molecule has 0 fully saturated rings. The number of aryl methyl sites for hydroxylation is 1. The smallest absolute Gasteiger partial charge is 0.165 e. The summed E-state index contributed by atoms with van der Waals surface area (Å²) in [5.41, 5.74) is 7.17. The van der Waals surface area contributed by atoms with Crippen molar-refractivity contribution in [2.75, 3.05) is 12.3 Å². The summed E-state index contributed by atoms with van der Waals surface area (Å²) in [7, 11) is 0. The Kier molecular flexibility index (Phi) is 3.80. The minimum atomic E-state index is 0.215. The van der Waals surface area contributed by atoms with Crippen molar-refractivity contribution in [1.29, 1.82) is 0 Å². The Morgan fingerprint density at radius 1 is 1.47 bits per heavy atom. The number of thiol groups is 1. The number of nitrogens with two attached hydrogens (primary N) is 1. The van der Waals surface area contributed by atoms with Gasteiger partial charge in [-0.05, 0) is 19.9 Å². The van der Waals surface area contributed by atoms with Crippen LogP contribution in [0.5, 0.6) is 0 Å². The number of nitrogens with one attached hydrogen (secondary N) is 1. The van der Waals surface area contributed by atoms with Crippen molar-refractivity contribution in [3.8, 4) is 0 Å². The summed E-state index contributed by atoms with van der Waals surface area (Å²) in [4.78, 5) is 12.3. The summed E-state index contributed by atoms with van der Waals surface area (Å²) in [5, 5.41) is 3.46. The summed E-state index contributed by atoms with van der Waals surface area (Å²) >= 11 is 4.25. The lowest BCUT2D eigenvalue weighted by atomic mass is 10.4. The van der Waals surface area contributed by atoms with Crippen molar-refractivity contribution in [2.45, 2.75) is 25.3 Å². The molecule has 7 heteroatoms. The van der Waals surface area contributed by atoms with Crippen molar-refractivity contribution in [1.82, 2.24) is 24.8 Å². The molecule has 2 aromatic heterocycles. The first-order valence-electron chi connectivity index (χ1n) is 5.51. The van der Waals surface area contributed by atoms with Crippen LogP contribution in [0.2, 0.25) is 0 Å². The highest BCUT2D eigenvalue weighted by Gasteiger charge is 2.06. The lowest BCUT2D eigenvalue weighted by molar-refractivity contribution is 0.586. The number of nitrogens with zero attached hydrogens (tertiary/aromatic N) is 4. The minimum Gasteiger partial charge on any atom is -0.382 e. The monoisotopic (exact) mass is 252 g/mol. The molecule has 0 aromatic carbocycles. The first-order chi connectivity index (χ1) is 8.18. The Hall–Kier alpha value is -1.34. The van der Waals surface area contributed by atoms with Gasteiger partial charge in [0, 0.05) is 11.9 Å². The molecule has 92 valence electrons. The number of imidazole rings is 1. The molecule has 0 aliphatic rings. The zero-order chi connectivity index (χ0) is 12.3. The van der Waals surface area contributed by atoms with Gasteiger partial charge in [0.05, 0.1) is 6.33 Å². The fraction of sp³-hybridized carbons (Fsp3) is 0.500. The Balaban J connectivity index is 2.02. The third-order valence-corrected chi connectivity index (χ3v) is 2.63. The molecule has 2 heterocycles.